The zero-order chi connectivity index (χ0) is 25.8. The summed E-state index contributed by atoms with van der Waals surface area (Å²) < 4.78 is 6.10. The number of halogens is 2. The number of nitrogens with two attached hydrogens (primary N) is 2. The summed E-state index contributed by atoms with van der Waals surface area (Å²) in [4.78, 5) is 27.8. The van der Waals surface area contributed by atoms with Gasteiger partial charge in [0.15, 0.2) is 0 Å². The van der Waals surface area contributed by atoms with E-state index in [9.17, 15) is 9.59 Å². The van der Waals surface area contributed by atoms with Crippen LogP contribution in [0.25, 0.3) is 10.8 Å². The molecule has 1 fully saturated rings. The number of nitrogens with zero attached hydrogens (tertiary/aromatic N) is 2. The van der Waals surface area contributed by atoms with Gasteiger partial charge >= 0.3 is 11.8 Å². The first kappa shape index (κ1) is 30.4. The van der Waals surface area contributed by atoms with E-state index in [1.807, 2.05) is 35.2 Å². The first-order chi connectivity index (χ1) is 17.2. The van der Waals surface area contributed by atoms with Crippen molar-refractivity contribution in [3.8, 4) is 5.75 Å². The minimum Gasteiger partial charge on any atom is -0.490 e. The van der Waals surface area contributed by atoms with Crippen LogP contribution in [0.2, 0.25) is 0 Å². The third-order valence-electron chi connectivity index (χ3n) is 6.38. The summed E-state index contributed by atoms with van der Waals surface area (Å²) in [5.41, 5.74) is 12.9. The number of hydrogen-bond donors (Lipinski definition) is 4. The molecule has 9 nitrogen and oxygen atoms in total. The van der Waals surface area contributed by atoms with E-state index in [1.54, 1.807) is 37.3 Å². The van der Waals surface area contributed by atoms with E-state index < -0.39 is 11.8 Å². The van der Waals surface area contributed by atoms with Gasteiger partial charge < -0.3 is 21.1 Å². The van der Waals surface area contributed by atoms with Gasteiger partial charge in [0, 0.05) is 37.2 Å². The average Bonchev–Trinajstić information content (AvgIpc) is 2.87. The average molecular weight is 559 g/mol. The number of likely N-dealkylation sites (tertiary alicyclic amines) is 1. The van der Waals surface area contributed by atoms with E-state index >= 15 is 0 Å². The van der Waals surface area contributed by atoms with Crippen molar-refractivity contribution in [1.82, 2.24) is 4.90 Å². The lowest BCUT2D eigenvalue weighted by Crippen LogP contribution is -2.40. The quantitative estimate of drug-likeness (QED) is 0.206. The monoisotopic (exact) mass is 558 g/mol. The summed E-state index contributed by atoms with van der Waals surface area (Å²) in [6, 6.07) is 18.2. The molecule has 6 N–H and O–H groups in total. The molecule has 0 bridgehead atoms. The Morgan fingerprint density at radius 1 is 0.947 bits per heavy atom. The Hall–Kier alpha value is -3.82. The molecule has 1 aliphatic heterocycles. The van der Waals surface area contributed by atoms with Crippen molar-refractivity contribution in [2.75, 3.05) is 18.0 Å². The smallest absolute Gasteiger partial charge is 0.316 e. The normalized spacial score (nSPS) is 13.1. The van der Waals surface area contributed by atoms with Gasteiger partial charge in [-0.05, 0) is 59.7 Å². The fraction of sp³-hybridized carbons (Fsp3) is 0.259. The molecule has 1 saturated heterocycles. The zero-order valence-corrected chi connectivity index (χ0v) is 22.6. The van der Waals surface area contributed by atoms with E-state index in [0.717, 1.165) is 42.3 Å². The van der Waals surface area contributed by atoms with Crippen molar-refractivity contribution in [3.63, 3.8) is 0 Å². The number of carbonyl (C=O) groups excluding carboxylic acids is 2. The highest BCUT2D eigenvalue weighted by Crippen LogP contribution is 2.26. The van der Waals surface area contributed by atoms with Crippen molar-refractivity contribution in [2.45, 2.75) is 32.4 Å². The van der Waals surface area contributed by atoms with Gasteiger partial charge in [0.1, 0.15) is 17.7 Å². The van der Waals surface area contributed by atoms with E-state index in [1.165, 1.54) is 4.90 Å². The summed E-state index contributed by atoms with van der Waals surface area (Å²) in [5, 5.41) is 17.2. The molecule has 0 unspecified atom stereocenters. The van der Waals surface area contributed by atoms with Crippen LogP contribution in [0, 0.1) is 10.8 Å². The number of nitrogens with one attached hydrogen (secondary N) is 2. The second kappa shape index (κ2) is 13.1. The molecule has 38 heavy (non-hydrogen) atoms. The maximum atomic E-state index is 12.7. The lowest BCUT2D eigenvalue weighted by molar-refractivity contribution is -0.135. The highest BCUT2D eigenvalue weighted by atomic mass is 35.5. The van der Waals surface area contributed by atoms with Gasteiger partial charge in [-0.3, -0.25) is 25.3 Å². The van der Waals surface area contributed by atoms with Gasteiger partial charge in [-0.1, -0.05) is 24.3 Å². The van der Waals surface area contributed by atoms with Crippen molar-refractivity contribution in [1.29, 1.82) is 10.8 Å². The van der Waals surface area contributed by atoms with Crippen LogP contribution in [0.4, 0.5) is 5.69 Å². The van der Waals surface area contributed by atoms with Crippen LogP contribution in [-0.2, 0) is 16.1 Å². The highest BCUT2D eigenvalue weighted by Gasteiger charge is 2.23. The molecular formula is C27H32Cl2N6O3. The SMILES string of the molecule is CC(=N)N1CCC(Oc2ccc(N(Cc3ccc4cc(C(=N)N)ccc4c3)C(=O)C(N)=O)cc2)CC1.Cl.Cl. The standard InChI is InChI=1S/C27H30N6O3.2ClH/c1-17(28)32-12-10-24(11-13-32)36-23-8-6-22(7-9-23)33(27(35)26(31)34)16-18-2-3-20-15-21(25(29)30)5-4-19(20)14-18;;/h2-9,14-15,24,28H,10-13,16H2,1H3,(H3,29,30)(H2,31,34);2*1H. The predicted molar refractivity (Wildman–Crippen MR) is 155 cm³/mol. The number of benzene rings is 3. The lowest BCUT2D eigenvalue weighted by atomic mass is 10.0. The van der Waals surface area contributed by atoms with E-state index in [0.29, 0.717) is 22.8 Å². The van der Waals surface area contributed by atoms with Gasteiger partial charge in [0.2, 0.25) is 0 Å². The summed E-state index contributed by atoms with van der Waals surface area (Å²) >= 11 is 0. The number of nitrogen functional groups attached to an aromatic ring is 1. The maximum absolute atomic E-state index is 12.7. The molecule has 4 rings (SSSR count). The Bertz CT molecular complexity index is 1320. The third kappa shape index (κ3) is 7.14. The summed E-state index contributed by atoms with van der Waals surface area (Å²) in [5.74, 6) is -0.578. The van der Waals surface area contributed by atoms with Crippen molar-refractivity contribution in [2.24, 2.45) is 11.5 Å². The Morgan fingerprint density at radius 2 is 1.55 bits per heavy atom. The number of hydrogen-bond acceptors (Lipinski definition) is 5. The van der Waals surface area contributed by atoms with Crippen LogP contribution < -0.4 is 21.1 Å². The molecule has 11 heteroatoms. The molecular weight excluding hydrogens is 527 g/mol. The van der Waals surface area contributed by atoms with Crippen LogP contribution in [0.3, 0.4) is 0 Å². The number of ether oxygens (including phenoxy) is 1. The van der Waals surface area contributed by atoms with E-state index in [-0.39, 0.29) is 43.3 Å². The number of rotatable bonds is 6. The molecule has 0 atom stereocenters. The lowest BCUT2D eigenvalue weighted by Gasteiger charge is -2.32. The van der Waals surface area contributed by atoms with Crippen LogP contribution >= 0.6 is 24.8 Å². The Balaban J connectivity index is 0.00000253. The molecule has 1 aliphatic rings. The Morgan fingerprint density at radius 3 is 2.13 bits per heavy atom. The summed E-state index contributed by atoms with van der Waals surface area (Å²) in [6.45, 7) is 3.54. The highest BCUT2D eigenvalue weighted by molar-refractivity contribution is 6.39. The van der Waals surface area contributed by atoms with Crippen LogP contribution in [-0.4, -0.2) is 47.6 Å². The minimum absolute atomic E-state index is 0. The van der Waals surface area contributed by atoms with Gasteiger partial charge in [-0.15, -0.1) is 24.8 Å². The largest absolute Gasteiger partial charge is 0.490 e. The van der Waals surface area contributed by atoms with Gasteiger partial charge in [0.05, 0.1) is 12.4 Å². The number of carbonyl (C=O) groups is 2. The molecule has 0 aliphatic carbocycles. The topological polar surface area (TPSA) is 150 Å². The second-order valence-corrected chi connectivity index (χ2v) is 8.95. The molecule has 3 aromatic rings. The Labute approximate surface area is 233 Å². The number of amidine groups is 2. The number of piperidine rings is 1. The Kier molecular flexibility index (Phi) is 10.5. The van der Waals surface area contributed by atoms with E-state index in [2.05, 4.69) is 0 Å². The van der Waals surface area contributed by atoms with Crippen molar-refractivity contribution >= 4 is 64.8 Å². The predicted octanol–water partition coefficient (Wildman–Crippen LogP) is 3.83. The molecule has 2 amide bonds. The first-order valence-electron chi connectivity index (χ1n) is 11.8. The maximum Gasteiger partial charge on any atom is 0.316 e. The van der Waals surface area contributed by atoms with Crippen LogP contribution in [0.5, 0.6) is 5.75 Å². The fourth-order valence-corrected chi connectivity index (χ4v) is 4.36. The van der Waals surface area contributed by atoms with Crippen LogP contribution in [0.1, 0.15) is 30.9 Å². The molecule has 1 heterocycles. The first-order valence-corrected chi connectivity index (χ1v) is 11.8. The second-order valence-electron chi connectivity index (χ2n) is 8.95. The van der Waals surface area contributed by atoms with Crippen LogP contribution in [0.15, 0.2) is 60.7 Å². The number of fused-ring (bicyclic) bond motifs is 1. The van der Waals surface area contributed by atoms with Gasteiger partial charge in [-0.25, -0.2) is 0 Å². The van der Waals surface area contributed by atoms with Gasteiger partial charge in [-0.2, -0.15) is 0 Å². The van der Waals surface area contributed by atoms with E-state index in [4.69, 9.17) is 27.0 Å². The molecule has 3 aromatic carbocycles. The van der Waals surface area contributed by atoms with Crippen molar-refractivity contribution in [3.05, 3.63) is 71.8 Å². The third-order valence-corrected chi connectivity index (χ3v) is 6.38. The summed E-state index contributed by atoms with van der Waals surface area (Å²) in [7, 11) is 0. The fourth-order valence-electron chi connectivity index (χ4n) is 4.36. The zero-order valence-electron chi connectivity index (χ0n) is 21.0. The molecule has 0 spiro atoms. The molecule has 202 valence electrons. The van der Waals surface area contributed by atoms with Crippen molar-refractivity contribution < 1.29 is 14.3 Å². The van der Waals surface area contributed by atoms with Gasteiger partial charge in [0.25, 0.3) is 0 Å². The number of amides is 2. The minimum atomic E-state index is -1.03. The number of primary amides is 1. The molecule has 0 saturated carbocycles. The number of anilines is 1. The molecule has 0 aromatic heterocycles. The summed E-state index contributed by atoms with van der Waals surface area (Å²) in [6.07, 6.45) is 1.73. The molecule has 0 radical (unpaired) electrons.